The van der Waals surface area contributed by atoms with Crippen LogP contribution in [0.1, 0.15) is 82.1 Å². The molecule has 3 heterocycles. The third-order valence-electron chi connectivity index (χ3n) is 6.24. The molecule has 3 aromatic rings. The fourth-order valence-corrected chi connectivity index (χ4v) is 4.42. The molecule has 0 spiro atoms. The Hall–Kier alpha value is -3.29. The Balaban J connectivity index is 1.74. The molecule has 1 aliphatic rings. The van der Waals surface area contributed by atoms with Crippen LogP contribution < -0.4 is 5.32 Å². The van der Waals surface area contributed by atoms with Crippen LogP contribution in [0.3, 0.4) is 0 Å². The molecule has 1 unspecified atom stereocenters. The lowest BCUT2D eigenvalue weighted by molar-refractivity contribution is -0.117. The standard InChI is InChI=1S/C25H31FN6O/c1-5-6-7-8-17-9-10-19(20(26)13-17)25(4)14-18(21-11-12-32(31-21)16(2)3)22(24(33)29-25)23-27-15-28-30-23/h9-13,15-16H,5-8,14H2,1-4H3,(H,29,33)(H,27,28,30). The van der Waals surface area contributed by atoms with Crippen molar-refractivity contribution >= 4 is 17.1 Å². The number of hydrogen-bond acceptors (Lipinski definition) is 4. The van der Waals surface area contributed by atoms with E-state index in [4.69, 9.17) is 0 Å². The predicted octanol–water partition coefficient (Wildman–Crippen LogP) is 4.80. The number of aromatic nitrogens is 5. The van der Waals surface area contributed by atoms with Gasteiger partial charge in [0.2, 0.25) is 0 Å². The van der Waals surface area contributed by atoms with E-state index in [-0.39, 0.29) is 17.8 Å². The number of benzene rings is 1. The molecule has 4 rings (SSSR count). The van der Waals surface area contributed by atoms with Gasteiger partial charge in [-0.05, 0) is 56.9 Å². The average molecular weight is 451 g/mol. The second kappa shape index (κ2) is 9.29. The number of halogens is 1. The highest BCUT2D eigenvalue weighted by atomic mass is 19.1. The molecule has 7 nitrogen and oxygen atoms in total. The average Bonchev–Trinajstić information content (AvgIpc) is 3.46. The maximum atomic E-state index is 15.3. The van der Waals surface area contributed by atoms with Crippen LogP contribution >= 0.6 is 0 Å². The van der Waals surface area contributed by atoms with Crippen molar-refractivity contribution in [3.63, 3.8) is 0 Å². The van der Waals surface area contributed by atoms with Crippen LogP contribution in [0, 0.1) is 5.82 Å². The summed E-state index contributed by atoms with van der Waals surface area (Å²) in [6.07, 6.45) is 7.76. The summed E-state index contributed by atoms with van der Waals surface area (Å²) in [6.45, 7) is 8.09. The number of nitrogens with one attached hydrogen (secondary N) is 2. The van der Waals surface area contributed by atoms with E-state index in [1.54, 1.807) is 12.1 Å². The Morgan fingerprint density at radius 3 is 2.70 bits per heavy atom. The molecule has 0 radical (unpaired) electrons. The van der Waals surface area contributed by atoms with Crippen molar-refractivity contribution in [2.75, 3.05) is 0 Å². The van der Waals surface area contributed by atoms with Crippen LogP contribution in [-0.2, 0) is 16.8 Å². The van der Waals surface area contributed by atoms with Crippen LogP contribution in [0.15, 0.2) is 36.8 Å². The zero-order chi connectivity index (χ0) is 23.6. The van der Waals surface area contributed by atoms with Crippen molar-refractivity contribution < 1.29 is 9.18 Å². The molecule has 2 aromatic heterocycles. The maximum Gasteiger partial charge on any atom is 0.256 e. The number of aromatic amines is 1. The van der Waals surface area contributed by atoms with E-state index < -0.39 is 5.54 Å². The highest BCUT2D eigenvalue weighted by molar-refractivity contribution is 6.27. The van der Waals surface area contributed by atoms with Gasteiger partial charge < -0.3 is 5.32 Å². The molecule has 8 heteroatoms. The molecule has 0 aliphatic carbocycles. The third-order valence-corrected chi connectivity index (χ3v) is 6.24. The fourth-order valence-electron chi connectivity index (χ4n) is 4.42. The van der Waals surface area contributed by atoms with Gasteiger partial charge in [0.1, 0.15) is 12.1 Å². The zero-order valence-electron chi connectivity index (χ0n) is 19.7. The van der Waals surface area contributed by atoms with E-state index in [9.17, 15) is 4.79 Å². The Kier molecular flexibility index (Phi) is 6.44. The van der Waals surface area contributed by atoms with E-state index >= 15 is 4.39 Å². The number of rotatable bonds is 8. The maximum absolute atomic E-state index is 15.3. The van der Waals surface area contributed by atoms with Crippen LogP contribution in [0.2, 0.25) is 0 Å². The molecule has 0 saturated carbocycles. The lowest BCUT2D eigenvalue weighted by atomic mass is 9.79. The monoisotopic (exact) mass is 450 g/mol. The zero-order valence-corrected chi connectivity index (χ0v) is 19.7. The number of H-pyrrole nitrogens is 1. The summed E-state index contributed by atoms with van der Waals surface area (Å²) in [5, 5.41) is 14.4. The molecule has 2 N–H and O–H groups in total. The van der Waals surface area contributed by atoms with Gasteiger partial charge in [-0.1, -0.05) is 31.9 Å². The van der Waals surface area contributed by atoms with E-state index in [0.29, 0.717) is 34.6 Å². The summed E-state index contributed by atoms with van der Waals surface area (Å²) >= 11 is 0. The van der Waals surface area contributed by atoms with Crippen LogP contribution in [0.5, 0.6) is 0 Å². The van der Waals surface area contributed by atoms with E-state index in [2.05, 4.69) is 32.5 Å². The molecule has 0 fully saturated rings. The molecule has 0 saturated heterocycles. The fraction of sp³-hybridized carbons (Fsp3) is 0.440. The van der Waals surface area contributed by atoms with Crippen molar-refractivity contribution in [2.45, 2.75) is 71.4 Å². The summed E-state index contributed by atoms with van der Waals surface area (Å²) in [7, 11) is 0. The van der Waals surface area contributed by atoms with Gasteiger partial charge in [0.05, 0.1) is 16.8 Å². The van der Waals surface area contributed by atoms with Crippen LogP contribution in [-0.4, -0.2) is 30.9 Å². The number of aryl methyl sites for hydroxylation is 1. The van der Waals surface area contributed by atoms with Gasteiger partial charge in [0, 0.05) is 24.2 Å². The Morgan fingerprint density at radius 1 is 1.24 bits per heavy atom. The molecule has 1 amide bonds. The molecule has 33 heavy (non-hydrogen) atoms. The second-order valence-electron chi connectivity index (χ2n) is 9.20. The third kappa shape index (κ3) is 4.60. The second-order valence-corrected chi connectivity index (χ2v) is 9.20. The number of nitrogens with zero attached hydrogens (tertiary/aromatic N) is 4. The number of unbranched alkanes of at least 4 members (excludes halogenated alkanes) is 2. The van der Waals surface area contributed by atoms with E-state index in [1.807, 2.05) is 43.8 Å². The highest BCUT2D eigenvalue weighted by Crippen LogP contribution is 2.41. The number of hydrogen-bond donors (Lipinski definition) is 2. The minimum absolute atomic E-state index is 0.176. The summed E-state index contributed by atoms with van der Waals surface area (Å²) in [5.41, 5.74) is 2.28. The summed E-state index contributed by atoms with van der Waals surface area (Å²) in [5.74, 6) is -0.265. The SMILES string of the molecule is CCCCCc1ccc(C2(C)CC(c3ccn(C(C)C)n3)=C(c3ncn[nH]3)C(=O)N2)c(F)c1. The molecule has 1 aromatic carbocycles. The molecular formula is C25H31FN6O. The first-order valence-corrected chi connectivity index (χ1v) is 11.6. The molecular weight excluding hydrogens is 419 g/mol. The lowest BCUT2D eigenvalue weighted by Gasteiger charge is -2.37. The highest BCUT2D eigenvalue weighted by Gasteiger charge is 2.41. The van der Waals surface area contributed by atoms with Gasteiger partial charge in [0.25, 0.3) is 5.91 Å². The minimum Gasteiger partial charge on any atom is -0.342 e. The van der Waals surface area contributed by atoms with Crippen molar-refractivity contribution in [3.8, 4) is 0 Å². The van der Waals surface area contributed by atoms with Crippen molar-refractivity contribution in [1.29, 1.82) is 0 Å². The van der Waals surface area contributed by atoms with Gasteiger partial charge in [-0.15, -0.1) is 0 Å². The Morgan fingerprint density at radius 2 is 2.06 bits per heavy atom. The van der Waals surface area contributed by atoms with Crippen molar-refractivity contribution in [1.82, 2.24) is 30.3 Å². The van der Waals surface area contributed by atoms with Gasteiger partial charge in [-0.3, -0.25) is 14.6 Å². The Labute approximate surface area is 193 Å². The first-order chi connectivity index (χ1) is 15.8. The summed E-state index contributed by atoms with van der Waals surface area (Å²) in [6, 6.07) is 7.44. The molecule has 1 aliphatic heterocycles. The number of carbonyl (C=O) groups is 1. The number of carbonyl (C=O) groups excluding carboxylic acids is 1. The first-order valence-electron chi connectivity index (χ1n) is 11.6. The minimum atomic E-state index is -0.927. The summed E-state index contributed by atoms with van der Waals surface area (Å²) < 4.78 is 17.2. The van der Waals surface area contributed by atoms with Gasteiger partial charge in [-0.2, -0.15) is 10.2 Å². The summed E-state index contributed by atoms with van der Waals surface area (Å²) in [4.78, 5) is 17.5. The van der Waals surface area contributed by atoms with Gasteiger partial charge in [0.15, 0.2) is 5.82 Å². The Bertz CT molecular complexity index is 1160. The lowest BCUT2D eigenvalue weighted by Crippen LogP contribution is -2.48. The van der Waals surface area contributed by atoms with E-state index in [1.165, 1.54) is 6.33 Å². The van der Waals surface area contributed by atoms with Gasteiger partial charge in [-0.25, -0.2) is 9.37 Å². The quantitative estimate of drug-likeness (QED) is 0.483. The first kappa shape index (κ1) is 22.9. The smallest absolute Gasteiger partial charge is 0.256 e. The molecule has 1 atom stereocenters. The van der Waals surface area contributed by atoms with Gasteiger partial charge >= 0.3 is 0 Å². The van der Waals surface area contributed by atoms with Crippen molar-refractivity contribution in [2.24, 2.45) is 0 Å². The normalized spacial score (nSPS) is 18.8. The largest absolute Gasteiger partial charge is 0.342 e. The van der Waals surface area contributed by atoms with Crippen molar-refractivity contribution in [3.05, 3.63) is 65.3 Å². The molecule has 0 bridgehead atoms. The predicted molar refractivity (Wildman–Crippen MR) is 126 cm³/mol. The van der Waals surface area contributed by atoms with Crippen LogP contribution in [0.4, 0.5) is 4.39 Å². The molecule has 174 valence electrons. The van der Waals surface area contributed by atoms with E-state index in [0.717, 1.165) is 31.2 Å². The number of amides is 1. The topological polar surface area (TPSA) is 88.5 Å². The van der Waals surface area contributed by atoms with Crippen LogP contribution in [0.25, 0.3) is 11.1 Å².